The highest BCUT2D eigenvalue weighted by atomic mass is 32.2. The summed E-state index contributed by atoms with van der Waals surface area (Å²) in [5, 5.41) is 4.83. The SMILES string of the molecule is Cc1ccc([C@H](C)NC(=O)[C@H]2CCCN(S(=O)(=O)c3cccs3)C2)c(C)c1. The Labute approximate surface area is 165 Å². The number of amides is 1. The third kappa shape index (κ3) is 4.42. The van der Waals surface area contributed by atoms with Gasteiger partial charge < -0.3 is 5.32 Å². The summed E-state index contributed by atoms with van der Waals surface area (Å²) in [5.41, 5.74) is 3.43. The van der Waals surface area contributed by atoms with Crippen molar-refractivity contribution < 1.29 is 13.2 Å². The quantitative estimate of drug-likeness (QED) is 0.824. The summed E-state index contributed by atoms with van der Waals surface area (Å²) in [7, 11) is -3.51. The summed E-state index contributed by atoms with van der Waals surface area (Å²) < 4.78 is 27.3. The lowest BCUT2D eigenvalue weighted by Gasteiger charge is -2.31. The minimum atomic E-state index is -3.51. The average Bonchev–Trinajstić information content (AvgIpc) is 3.17. The topological polar surface area (TPSA) is 66.5 Å². The van der Waals surface area contributed by atoms with Crippen molar-refractivity contribution in [3.63, 3.8) is 0 Å². The number of nitrogens with one attached hydrogen (secondary N) is 1. The highest BCUT2D eigenvalue weighted by molar-refractivity contribution is 7.91. The van der Waals surface area contributed by atoms with Gasteiger partial charge in [0.2, 0.25) is 5.91 Å². The maximum Gasteiger partial charge on any atom is 0.252 e. The van der Waals surface area contributed by atoms with E-state index in [1.54, 1.807) is 17.5 Å². The van der Waals surface area contributed by atoms with E-state index in [1.807, 2.05) is 32.9 Å². The van der Waals surface area contributed by atoms with E-state index >= 15 is 0 Å². The number of piperidine rings is 1. The van der Waals surface area contributed by atoms with Crippen molar-refractivity contribution in [3.8, 4) is 0 Å². The van der Waals surface area contributed by atoms with Crippen LogP contribution in [0.5, 0.6) is 0 Å². The first-order chi connectivity index (χ1) is 12.8. The van der Waals surface area contributed by atoms with Gasteiger partial charge in [-0.1, -0.05) is 29.8 Å². The maximum absolute atomic E-state index is 12.8. The molecule has 0 unspecified atom stereocenters. The predicted octanol–water partition coefficient (Wildman–Crippen LogP) is 3.64. The predicted molar refractivity (Wildman–Crippen MR) is 108 cm³/mol. The third-order valence-electron chi connectivity index (χ3n) is 5.09. The molecule has 1 aliphatic heterocycles. The van der Waals surface area contributed by atoms with Crippen LogP contribution in [0.15, 0.2) is 39.9 Å². The second kappa shape index (κ2) is 8.12. The highest BCUT2D eigenvalue weighted by Gasteiger charge is 2.34. The van der Waals surface area contributed by atoms with Crippen molar-refractivity contribution in [3.05, 3.63) is 52.4 Å². The zero-order chi connectivity index (χ0) is 19.6. The molecule has 0 bridgehead atoms. The van der Waals surface area contributed by atoms with Crippen LogP contribution in [0.4, 0.5) is 0 Å². The number of carbonyl (C=O) groups excluding carboxylic acids is 1. The monoisotopic (exact) mass is 406 g/mol. The normalized spacial score (nSPS) is 19.6. The van der Waals surface area contributed by atoms with Gasteiger partial charge in [-0.05, 0) is 56.2 Å². The summed E-state index contributed by atoms with van der Waals surface area (Å²) in [4.78, 5) is 12.8. The molecule has 0 spiro atoms. The lowest BCUT2D eigenvalue weighted by molar-refractivity contribution is -0.126. The number of nitrogens with zero attached hydrogens (tertiary/aromatic N) is 1. The first kappa shape index (κ1) is 20.0. The number of sulfonamides is 1. The van der Waals surface area contributed by atoms with Gasteiger partial charge in [0.15, 0.2) is 0 Å². The summed E-state index contributed by atoms with van der Waals surface area (Å²) in [6, 6.07) is 9.43. The fourth-order valence-electron chi connectivity index (χ4n) is 3.63. The van der Waals surface area contributed by atoms with Gasteiger partial charge in [-0.15, -0.1) is 11.3 Å². The van der Waals surface area contributed by atoms with E-state index in [9.17, 15) is 13.2 Å². The lowest BCUT2D eigenvalue weighted by Crippen LogP contribution is -2.45. The molecule has 1 amide bonds. The number of aryl methyl sites for hydroxylation is 2. The van der Waals surface area contributed by atoms with Crippen LogP contribution in [0.2, 0.25) is 0 Å². The molecule has 5 nitrogen and oxygen atoms in total. The first-order valence-electron chi connectivity index (χ1n) is 9.20. The smallest absolute Gasteiger partial charge is 0.252 e. The molecule has 0 aliphatic carbocycles. The number of hydrogen-bond acceptors (Lipinski definition) is 4. The summed E-state index contributed by atoms with van der Waals surface area (Å²) >= 11 is 1.21. The van der Waals surface area contributed by atoms with Gasteiger partial charge in [0.25, 0.3) is 10.0 Å². The Bertz CT molecular complexity index is 907. The van der Waals surface area contributed by atoms with Gasteiger partial charge in [0.05, 0.1) is 12.0 Å². The number of thiophene rings is 1. The first-order valence-corrected chi connectivity index (χ1v) is 11.5. The molecular formula is C20H26N2O3S2. The molecule has 27 heavy (non-hydrogen) atoms. The van der Waals surface area contributed by atoms with Crippen LogP contribution in [0.25, 0.3) is 0 Å². The Morgan fingerprint density at radius 1 is 1.30 bits per heavy atom. The molecule has 7 heteroatoms. The molecule has 3 rings (SSSR count). The van der Waals surface area contributed by atoms with E-state index in [0.29, 0.717) is 23.6 Å². The molecule has 146 valence electrons. The average molecular weight is 407 g/mol. The number of benzene rings is 1. The second-order valence-corrected chi connectivity index (χ2v) is 10.3. The minimum absolute atomic E-state index is 0.0754. The molecule has 2 heterocycles. The van der Waals surface area contributed by atoms with Gasteiger partial charge in [-0.25, -0.2) is 8.42 Å². The standard InChI is InChI=1S/C20H26N2O3S2/c1-14-8-9-18(15(2)12-14)16(3)21-20(23)17-6-4-10-22(13-17)27(24,25)19-7-5-11-26-19/h5,7-9,11-12,16-17H,4,6,10,13H2,1-3H3,(H,21,23)/t16-,17-/m0/s1. The van der Waals surface area contributed by atoms with Crippen LogP contribution in [0.1, 0.15) is 42.5 Å². The summed E-state index contributed by atoms with van der Waals surface area (Å²) in [6.45, 7) is 6.77. The molecule has 0 saturated carbocycles. The zero-order valence-corrected chi connectivity index (χ0v) is 17.6. The van der Waals surface area contributed by atoms with Gasteiger partial charge in [0, 0.05) is 13.1 Å². The van der Waals surface area contributed by atoms with Gasteiger partial charge >= 0.3 is 0 Å². The highest BCUT2D eigenvalue weighted by Crippen LogP contribution is 2.27. The Hall–Kier alpha value is -1.70. The van der Waals surface area contributed by atoms with E-state index in [1.165, 1.54) is 21.2 Å². The molecule has 2 atom stereocenters. The van der Waals surface area contributed by atoms with Crippen LogP contribution in [0.3, 0.4) is 0 Å². The third-order valence-corrected chi connectivity index (χ3v) is 8.33. The second-order valence-electron chi connectivity index (χ2n) is 7.22. The van der Waals surface area contributed by atoms with E-state index in [0.717, 1.165) is 11.1 Å². The largest absolute Gasteiger partial charge is 0.349 e. The van der Waals surface area contributed by atoms with Crippen molar-refractivity contribution in [2.45, 2.75) is 43.9 Å². The van der Waals surface area contributed by atoms with Crippen molar-refractivity contribution >= 4 is 27.3 Å². The number of carbonyl (C=O) groups is 1. The molecule has 1 fully saturated rings. The van der Waals surface area contributed by atoms with Crippen molar-refractivity contribution in [1.82, 2.24) is 9.62 Å². The van der Waals surface area contributed by atoms with Crippen LogP contribution in [-0.4, -0.2) is 31.7 Å². The van der Waals surface area contributed by atoms with Crippen molar-refractivity contribution in [1.29, 1.82) is 0 Å². The van der Waals surface area contributed by atoms with Crippen LogP contribution in [-0.2, 0) is 14.8 Å². The molecule has 1 N–H and O–H groups in total. The molecular weight excluding hydrogens is 380 g/mol. The van der Waals surface area contributed by atoms with E-state index in [-0.39, 0.29) is 24.4 Å². The van der Waals surface area contributed by atoms with Crippen LogP contribution < -0.4 is 5.32 Å². The molecule has 1 aromatic carbocycles. The van der Waals surface area contributed by atoms with Crippen molar-refractivity contribution in [2.24, 2.45) is 5.92 Å². The van der Waals surface area contributed by atoms with Gasteiger partial charge in [-0.2, -0.15) is 4.31 Å². The van der Waals surface area contributed by atoms with Crippen LogP contribution in [0, 0.1) is 19.8 Å². The molecule has 0 radical (unpaired) electrons. The Morgan fingerprint density at radius 2 is 2.07 bits per heavy atom. The number of rotatable bonds is 5. The zero-order valence-electron chi connectivity index (χ0n) is 15.9. The molecule has 1 saturated heterocycles. The Balaban J connectivity index is 1.68. The minimum Gasteiger partial charge on any atom is -0.349 e. The Kier molecular flexibility index (Phi) is 6.03. The van der Waals surface area contributed by atoms with E-state index < -0.39 is 10.0 Å². The molecule has 1 aliphatic rings. The Morgan fingerprint density at radius 3 is 2.74 bits per heavy atom. The summed E-state index contributed by atoms with van der Waals surface area (Å²) in [5.74, 6) is -0.393. The van der Waals surface area contributed by atoms with Gasteiger partial charge in [0.1, 0.15) is 4.21 Å². The molecule has 1 aromatic heterocycles. The fraction of sp³-hybridized carbons (Fsp3) is 0.450. The fourth-order valence-corrected chi connectivity index (χ4v) is 6.30. The molecule has 2 aromatic rings. The van der Waals surface area contributed by atoms with Crippen LogP contribution >= 0.6 is 11.3 Å². The van der Waals surface area contributed by atoms with E-state index in [4.69, 9.17) is 0 Å². The number of hydrogen-bond donors (Lipinski definition) is 1. The van der Waals surface area contributed by atoms with E-state index in [2.05, 4.69) is 11.4 Å². The maximum atomic E-state index is 12.8. The van der Waals surface area contributed by atoms with Gasteiger partial charge in [-0.3, -0.25) is 4.79 Å². The lowest BCUT2D eigenvalue weighted by atomic mass is 9.96. The van der Waals surface area contributed by atoms with Crippen molar-refractivity contribution in [2.75, 3.05) is 13.1 Å². The summed E-state index contributed by atoms with van der Waals surface area (Å²) in [6.07, 6.45) is 1.41.